The number of hydrogen-bond donors (Lipinski definition) is 2. The van der Waals surface area contributed by atoms with E-state index >= 15 is 0 Å². The van der Waals surface area contributed by atoms with Gasteiger partial charge in [0.2, 0.25) is 5.54 Å². The van der Waals surface area contributed by atoms with Gasteiger partial charge in [0.1, 0.15) is 5.69 Å². The average molecular weight is 265 g/mol. The smallest absolute Gasteiger partial charge is 0.422 e. The van der Waals surface area contributed by atoms with Gasteiger partial charge in [0, 0.05) is 13.2 Å². The minimum absolute atomic E-state index is 0.297. The van der Waals surface area contributed by atoms with Crippen LogP contribution in [-0.2, 0) is 11.8 Å². The first-order valence-electron chi connectivity index (χ1n) is 4.68. The molecule has 0 saturated heterocycles. The Kier molecular flexibility index (Phi) is 3.36. The van der Waals surface area contributed by atoms with Crippen molar-refractivity contribution in [3.8, 4) is 0 Å². The highest BCUT2D eigenvalue weighted by molar-refractivity contribution is 5.96. The molecule has 0 saturated carbocycles. The number of nitrogens with zero attached hydrogens (tertiary/aromatic N) is 2. The molecule has 18 heavy (non-hydrogen) atoms. The molecule has 0 bridgehead atoms. The van der Waals surface area contributed by atoms with Gasteiger partial charge in [0.15, 0.2) is 0 Å². The van der Waals surface area contributed by atoms with E-state index in [0.29, 0.717) is 6.92 Å². The summed E-state index contributed by atoms with van der Waals surface area (Å²) in [4.78, 5) is 25.7. The molecule has 1 atom stereocenters. The molecule has 0 aliphatic carbocycles. The van der Waals surface area contributed by atoms with Gasteiger partial charge in [-0.25, -0.2) is 9.78 Å². The topological polar surface area (TPSA) is 84.2 Å². The van der Waals surface area contributed by atoms with E-state index in [4.69, 9.17) is 5.11 Å². The first-order chi connectivity index (χ1) is 8.08. The highest BCUT2D eigenvalue weighted by atomic mass is 19.4. The molecule has 1 rings (SSSR count). The first-order valence-corrected chi connectivity index (χ1v) is 4.68. The molecule has 0 spiro atoms. The minimum atomic E-state index is -5.12. The molecule has 0 aliphatic heterocycles. The van der Waals surface area contributed by atoms with Crippen LogP contribution in [0.5, 0.6) is 0 Å². The quantitative estimate of drug-likeness (QED) is 0.836. The van der Waals surface area contributed by atoms with Crippen molar-refractivity contribution in [2.75, 3.05) is 0 Å². The van der Waals surface area contributed by atoms with Crippen molar-refractivity contribution in [2.45, 2.75) is 18.6 Å². The van der Waals surface area contributed by atoms with Crippen LogP contribution >= 0.6 is 0 Å². The van der Waals surface area contributed by atoms with E-state index in [1.54, 1.807) is 0 Å². The molecule has 0 fully saturated rings. The van der Waals surface area contributed by atoms with Crippen LogP contribution in [0.4, 0.5) is 13.2 Å². The second-order valence-electron chi connectivity index (χ2n) is 3.81. The minimum Gasteiger partial charge on any atom is -0.479 e. The fourth-order valence-corrected chi connectivity index (χ4v) is 1.07. The van der Waals surface area contributed by atoms with Gasteiger partial charge in [-0.1, -0.05) is 0 Å². The lowest BCUT2D eigenvalue weighted by atomic mass is 10.0. The van der Waals surface area contributed by atoms with Crippen LogP contribution in [0.1, 0.15) is 17.4 Å². The summed E-state index contributed by atoms with van der Waals surface area (Å²) in [5, 5.41) is 10.0. The summed E-state index contributed by atoms with van der Waals surface area (Å²) in [5.41, 5.74) is -3.66. The highest BCUT2D eigenvalue weighted by Crippen LogP contribution is 2.30. The molecule has 1 unspecified atom stereocenters. The van der Waals surface area contributed by atoms with E-state index < -0.39 is 23.6 Å². The average Bonchev–Trinajstić information content (AvgIpc) is 2.62. The van der Waals surface area contributed by atoms with Gasteiger partial charge >= 0.3 is 12.1 Å². The Bertz CT molecular complexity index is 483. The standard InChI is InChI=1S/C9H10F3N3O3/c1-8(7(17)18,9(10,11)12)14-6(16)5-3-15(2)4-13-5/h3-4H,1-2H3,(H,14,16)(H,17,18). The number of aromatic nitrogens is 2. The number of imidazole rings is 1. The molecule has 0 radical (unpaired) electrons. The van der Waals surface area contributed by atoms with Crippen molar-refractivity contribution < 1.29 is 27.9 Å². The Balaban J connectivity index is 3.00. The molecule has 1 aromatic heterocycles. The number of halogens is 3. The molecule has 1 aromatic rings. The number of nitrogens with one attached hydrogen (secondary N) is 1. The Hall–Kier alpha value is -2.06. The van der Waals surface area contributed by atoms with Crippen LogP contribution in [-0.4, -0.2) is 38.2 Å². The molecule has 1 heterocycles. The molecule has 1 amide bonds. The maximum atomic E-state index is 12.6. The van der Waals surface area contributed by atoms with Gasteiger partial charge in [0.25, 0.3) is 5.91 Å². The summed E-state index contributed by atoms with van der Waals surface area (Å²) in [6, 6.07) is 0. The molecule has 0 aromatic carbocycles. The maximum absolute atomic E-state index is 12.6. The number of carboxylic acids is 1. The van der Waals surface area contributed by atoms with E-state index in [9.17, 15) is 22.8 Å². The van der Waals surface area contributed by atoms with Crippen LogP contribution in [0.2, 0.25) is 0 Å². The van der Waals surface area contributed by atoms with Crippen molar-refractivity contribution in [3.63, 3.8) is 0 Å². The molecular weight excluding hydrogens is 255 g/mol. The van der Waals surface area contributed by atoms with Crippen LogP contribution < -0.4 is 5.32 Å². The third-order valence-electron chi connectivity index (χ3n) is 2.30. The van der Waals surface area contributed by atoms with Crippen molar-refractivity contribution >= 4 is 11.9 Å². The number of carboxylic acid groups (broad SMARTS) is 1. The lowest BCUT2D eigenvalue weighted by Gasteiger charge is -2.28. The molecule has 6 nitrogen and oxygen atoms in total. The van der Waals surface area contributed by atoms with Crippen molar-refractivity contribution in [1.82, 2.24) is 14.9 Å². The zero-order valence-corrected chi connectivity index (χ0v) is 9.45. The van der Waals surface area contributed by atoms with E-state index in [-0.39, 0.29) is 5.69 Å². The fraction of sp³-hybridized carbons (Fsp3) is 0.444. The largest absolute Gasteiger partial charge is 0.479 e. The summed E-state index contributed by atoms with van der Waals surface area (Å²) in [5.74, 6) is -3.41. The van der Waals surface area contributed by atoms with E-state index in [2.05, 4.69) is 4.98 Å². The number of carbonyl (C=O) groups excluding carboxylic acids is 1. The second-order valence-corrected chi connectivity index (χ2v) is 3.81. The Labute approximate surface area is 99.4 Å². The Morgan fingerprint density at radius 2 is 2.00 bits per heavy atom. The van der Waals surface area contributed by atoms with Gasteiger partial charge in [-0.3, -0.25) is 4.79 Å². The Morgan fingerprint density at radius 1 is 1.44 bits per heavy atom. The normalized spacial score (nSPS) is 14.9. The van der Waals surface area contributed by atoms with Gasteiger partial charge in [0.05, 0.1) is 6.33 Å². The number of rotatable bonds is 3. The molecule has 0 aliphatic rings. The number of aryl methyl sites for hydroxylation is 1. The van der Waals surface area contributed by atoms with Crippen LogP contribution in [0.25, 0.3) is 0 Å². The number of hydrogen-bond acceptors (Lipinski definition) is 3. The highest BCUT2D eigenvalue weighted by Gasteiger charge is 2.58. The van der Waals surface area contributed by atoms with E-state index in [1.807, 2.05) is 0 Å². The lowest BCUT2D eigenvalue weighted by molar-refractivity contribution is -0.203. The summed E-state index contributed by atoms with van der Waals surface area (Å²) in [6.45, 7) is 0.371. The van der Waals surface area contributed by atoms with Gasteiger partial charge < -0.3 is 15.0 Å². The number of aliphatic carboxylic acids is 1. The second kappa shape index (κ2) is 4.31. The number of amides is 1. The molecular formula is C9H10F3N3O3. The summed E-state index contributed by atoms with van der Waals surface area (Å²) >= 11 is 0. The van der Waals surface area contributed by atoms with Crippen molar-refractivity contribution in [1.29, 1.82) is 0 Å². The van der Waals surface area contributed by atoms with Gasteiger partial charge in [-0.2, -0.15) is 13.2 Å². The summed E-state index contributed by atoms with van der Waals surface area (Å²) in [7, 11) is 1.52. The van der Waals surface area contributed by atoms with Crippen LogP contribution in [0.15, 0.2) is 12.5 Å². The SMILES string of the molecule is Cn1cnc(C(=O)NC(C)(C(=O)O)C(F)(F)F)c1. The van der Waals surface area contributed by atoms with E-state index in [1.165, 1.54) is 29.5 Å². The van der Waals surface area contributed by atoms with Crippen LogP contribution in [0, 0.1) is 0 Å². The van der Waals surface area contributed by atoms with Gasteiger partial charge in [-0.05, 0) is 6.92 Å². The molecule has 9 heteroatoms. The third kappa shape index (κ3) is 2.44. The van der Waals surface area contributed by atoms with Gasteiger partial charge in [-0.15, -0.1) is 0 Å². The first kappa shape index (κ1) is 14.0. The zero-order chi connectivity index (χ0) is 14.1. The predicted octanol–water partition coefficient (Wildman–Crippen LogP) is 0.555. The predicted molar refractivity (Wildman–Crippen MR) is 52.8 cm³/mol. The molecule has 100 valence electrons. The maximum Gasteiger partial charge on any atom is 0.422 e. The summed E-state index contributed by atoms with van der Waals surface area (Å²) < 4.78 is 39.2. The molecule has 2 N–H and O–H groups in total. The van der Waals surface area contributed by atoms with Crippen molar-refractivity contribution in [2.24, 2.45) is 7.05 Å². The Morgan fingerprint density at radius 3 is 2.33 bits per heavy atom. The van der Waals surface area contributed by atoms with Crippen LogP contribution in [0.3, 0.4) is 0 Å². The van der Waals surface area contributed by atoms with Crippen molar-refractivity contribution in [3.05, 3.63) is 18.2 Å². The number of carbonyl (C=O) groups is 2. The lowest BCUT2D eigenvalue weighted by Crippen LogP contribution is -2.61. The van der Waals surface area contributed by atoms with E-state index in [0.717, 1.165) is 0 Å². The monoisotopic (exact) mass is 265 g/mol. The summed E-state index contributed by atoms with van der Waals surface area (Å²) in [6.07, 6.45) is -2.74. The number of alkyl halides is 3. The zero-order valence-electron chi connectivity index (χ0n) is 9.45. The third-order valence-corrected chi connectivity index (χ3v) is 2.30. The fourth-order valence-electron chi connectivity index (χ4n) is 1.07.